The molecule has 0 bridgehead atoms. The molecule has 0 spiro atoms. The lowest BCUT2D eigenvalue weighted by molar-refractivity contribution is 0.0981. The van der Waals surface area contributed by atoms with Gasteiger partial charge in [0.15, 0.2) is 23.2 Å². The Balaban J connectivity index is 2.83. The first kappa shape index (κ1) is 11.7. The van der Waals surface area contributed by atoms with Crippen LogP contribution in [-0.4, -0.2) is 10.4 Å². The molecule has 0 fully saturated rings. The molecular formula is C12H10F3NO. The summed E-state index contributed by atoms with van der Waals surface area (Å²) in [6, 6.07) is 2.14. The maximum atomic E-state index is 13.5. The van der Waals surface area contributed by atoms with Gasteiger partial charge in [-0.25, -0.2) is 13.2 Å². The van der Waals surface area contributed by atoms with E-state index < -0.39 is 17.5 Å². The van der Waals surface area contributed by atoms with Gasteiger partial charge in [0.2, 0.25) is 0 Å². The van der Waals surface area contributed by atoms with Gasteiger partial charge in [-0.3, -0.25) is 4.79 Å². The molecule has 0 amide bonds. The van der Waals surface area contributed by atoms with Crippen molar-refractivity contribution in [3.63, 3.8) is 0 Å². The van der Waals surface area contributed by atoms with E-state index >= 15 is 0 Å². The lowest BCUT2D eigenvalue weighted by atomic mass is 10.2. The molecule has 0 aliphatic rings. The molecule has 17 heavy (non-hydrogen) atoms. The third-order valence-corrected chi connectivity index (χ3v) is 2.79. The first-order chi connectivity index (χ1) is 7.97. The van der Waals surface area contributed by atoms with Crippen molar-refractivity contribution in [2.45, 2.75) is 13.3 Å². The fourth-order valence-corrected chi connectivity index (χ4v) is 1.82. The van der Waals surface area contributed by atoms with Crippen LogP contribution in [0.15, 0.2) is 12.1 Å². The minimum absolute atomic E-state index is 0.0804. The Morgan fingerprint density at radius 2 is 1.88 bits per heavy atom. The second-order valence-electron chi connectivity index (χ2n) is 3.78. The zero-order valence-corrected chi connectivity index (χ0v) is 9.35. The maximum absolute atomic E-state index is 13.5. The second kappa shape index (κ2) is 3.91. The van der Waals surface area contributed by atoms with Crippen LogP contribution in [-0.2, 0) is 7.05 Å². The van der Waals surface area contributed by atoms with E-state index in [0.29, 0.717) is 0 Å². The summed E-state index contributed by atoms with van der Waals surface area (Å²) in [5.74, 6) is -4.24. The van der Waals surface area contributed by atoms with E-state index in [2.05, 4.69) is 0 Å². The number of fused-ring (bicyclic) bond motifs is 1. The predicted molar refractivity (Wildman–Crippen MR) is 57.4 cm³/mol. The Kier molecular flexibility index (Phi) is 2.69. The van der Waals surface area contributed by atoms with E-state index in [0.717, 1.165) is 6.07 Å². The van der Waals surface area contributed by atoms with Crippen LogP contribution in [0.1, 0.15) is 23.8 Å². The van der Waals surface area contributed by atoms with Crippen molar-refractivity contribution >= 4 is 16.7 Å². The molecule has 0 saturated heterocycles. The van der Waals surface area contributed by atoms with Crippen LogP contribution in [0.4, 0.5) is 13.2 Å². The van der Waals surface area contributed by atoms with Crippen LogP contribution in [0, 0.1) is 17.5 Å². The normalized spacial score (nSPS) is 11.1. The first-order valence-electron chi connectivity index (χ1n) is 5.13. The van der Waals surface area contributed by atoms with E-state index in [1.165, 1.54) is 17.7 Å². The number of hydrogen-bond acceptors (Lipinski definition) is 1. The lowest BCUT2D eigenvalue weighted by Crippen LogP contribution is -2.03. The predicted octanol–water partition coefficient (Wildman–Crippen LogP) is 3.19. The van der Waals surface area contributed by atoms with Gasteiger partial charge < -0.3 is 4.57 Å². The van der Waals surface area contributed by atoms with Crippen molar-refractivity contribution in [2.75, 3.05) is 0 Å². The highest BCUT2D eigenvalue weighted by atomic mass is 19.2. The van der Waals surface area contributed by atoms with Gasteiger partial charge in [0, 0.05) is 24.9 Å². The number of halogens is 3. The summed E-state index contributed by atoms with van der Waals surface area (Å²) in [4.78, 5) is 11.6. The van der Waals surface area contributed by atoms with E-state index in [9.17, 15) is 18.0 Å². The van der Waals surface area contributed by atoms with E-state index in [-0.39, 0.29) is 28.8 Å². The second-order valence-corrected chi connectivity index (χ2v) is 3.78. The highest BCUT2D eigenvalue weighted by molar-refractivity contribution is 6.00. The Morgan fingerprint density at radius 3 is 2.47 bits per heavy atom. The quantitative estimate of drug-likeness (QED) is 0.584. The number of Topliss-reactive ketones (excluding diaryl/α,β-unsaturated/α-hetero) is 1. The van der Waals surface area contributed by atoms with Crippen LogP contribution in [0.3, 0.4) is 0 Å². The first-order valence-corrected chi connectivity index (χ1v) is 5.13. The SMILES string of the molecule is CCC(=O)c1cc2c(F)c(F)c(F)cc2n1C. The minimum atomic E-state index is -1.52. The molecule has 1 aromatic carbocycles. The van der Waals surface area contributed by atoms with Crippen molar-refractivity contribution in [2.24, 2.45) is 7.05 Å². The van der Waals surface area contributed by atoms with Crippen LogP contribution in [0.5, 0.6) is 0 Å². The Bertz CT molecular complexity index is 616. The van der Waals surface area contributed by atoms with Gasteiger partial charge in [0.1, 0.15) is 0 Å². The molecule has 1 heterocycles. The number of carbonyl (C=O) groups is 1. The van der Waals surface area contributed by atoms with Gasteiger partial charge in [-0.2, -0.15) is 0 Å². The van der Waals surface area contributed by atoms with Crippen molar-refractivity contribution in [3.05, 3.63) is 35.3 Å². The number of aryl methyl sites for hydroxylation is 1. The molecule has 5 heteroatoms. The summed E-state index contributed by atoms with van der Waals surface area (Å²) in [5.41, 5.74) is 0.407. The van der Waals surface area contributed by atoms with Gasteiger partial charge in [-0.15, -0.1) is 0 Å². The Morgan fingerprint density at radius 1 is 1.24 bits per heavy atom. The molecule has 0 atom stereocenters. The molecule has 90 valence electrons. The summed E-state index contributed by atoms with van der Waals surface area (Å²) in [6.45, 7) is 1.66. The molecule has 0 radical (unpaired) electrons. The van der Waals surface area contributed by atoms with Gasteiger partial charge >= 0.3 is 0 Å². The molecule has 0 aliphatic carbocycles. The monoisotopic (exact) mass is 241 g/mol. The minimum Gasteiger partial charge on any atom is -0.341 e. The van der Waals surface area contributed by atoms with E-state index in [4.69, 9.17) is 0 Å². The van der Waals surface area contributed by atoms with Gasteiger partial charge in [0.05, 0.1) is 11.2 Å². The molecule has 0 aliphatic heterocycles. The van der Waals surface area contributed by atoms with E-state index in [1.54, 1.807) is 6.92 Å². The third-order valence-electron chi connectivity index (χ3n) is 2.79. The van der Waals surface area contributed by atoms with Crippen LogP contribution < -0.4 is 0 Å². The molecule has 2 nitrogen and oxygen atoms in total. The number of ketones is 1. The van der Waals surface area contributed by atoms with Gasteiger partial charge in [-0.1, -0.05) is 6.92 Å². The average Bonchev–Trinajstić information content (AvgIpc) is 2.64. The zero-order valence-electron chi connectivity index (χ0n) is 9.35. The summed E-state index contributed by atoms with van der Waals surface area (Å²) < 4.78 is 41.0. The van der Waals surface area contributed by atoms with Gasteiger partial charge in [0.25, 0.3) is 0 Å². The lowest BCUT2D eigenvalue weighted by Gasteiger charge is -2.02. The number of nitrogens with zero attached hydrogens (tertiary/aromatic N) is 1. The number of hydrogen-bond donors (Lipinski definition) is 0. The van der Waals surface area contributed by atoms with Gasteiger partial charge in [-0.05, 0) is 6.07 Å². The summed E-state index contributed by atoms with van der Waals surface area (Å²) in [6.07, 6.45) is 0.247. The van der Waals surface area contributed by atoms with Crippen molar-refractivity contribution < 1.29 is 18.0 Å². The number of carbonyl (C=O) groups excluding carboxylic acids is 1. The summed E-state index contributed by atoms with van der Waals surface area (Å²) in [7, 11) is 1.52. The number of benzene rings is 1. The van der Waals surface area contributed by atoms with Crippen LogP contribution in [0.2, 0.25) is 0 Å². The Hall–Kier alpha value is -1.78. The highest BCUT2D eigenvalue weighted by Crippen LogP contribution is 2.26. The topological polar surface area (TPSA) is 22.0 Å². The zero-order chi connectivity index (χ0) is 12.7. The van der Waals surface area contributed by atoms with Crippen molar-refractivity contribution in [1.82, 2.24) is 4.57 Å². The summed E-state index contributed by atoms with van der Waals surface area (Å²) >= 11 is 0. The smallest absolute Gasteiger partial charge is 0.195 e. The molecule has 0 unspecified atom stereocenters. The molecule has 0 N–H and O–H groups in total. The third kappa shape index (κ3) is 1.62. The molecule has 2 aromatic rings. The number of aromatic nitrogens is 1. The van der Waals surface area contributed by atoms with Crippen LogP contribution >= 0.6 is 0 Å². The largest absolute Gasteiger partial charge is 0.341 e. The number of rotatable bonds is 2. The Labute approximate surface area is 95.7 Å². The molecule has 0 saturated carbocycles. The molecular weight excluding hydrogens is 231 g/mol. The summed E-state index contributed by atoms with van der Waals surface area (Å²) in [5, 5.41) is -0.0804. The highest BCUT2D eigenvalue weighted by Gasteiger charge is 2.19. The van der Waals surface area contributed by atoms with Crippen molar-refractivity contribution in [1.29, 1.82) is 0 Å². The fourth-order valence-electron chi connectivity index (χ4n) is 1.82. The molecule has 2 rings (SSSR count). The van der Waals surface area contributed by atoms with E-state index in [1.807, 2.05) is 0 Å². The fraction of sp³-hybridized carbons (Fsp3) is 0.250. The standard InChI is InChI=1S/C12H10F3NO/c1-3-10(17)9-4-6-8(16(9)2)5-7(13)12(15)11(6)14/h4-5H,3H2,1-2H3. The maximum Gasteiger partial charge on any atom is 0.195 e. The average molecular weight is 241 g/mol. The van der Waals surface area contributed by atoms with Crippen LogP contribution in [0.25, 0.3) is 10.9 Å². The van der Waals surface area contributed by atoms with Crippen molar-refractivity contribution in [3.8, 4) is 0 Å². The molecule has 1 aromatic heterocycles.